The van der Waals surface area contributed by atoms with Crippen LogP contribution in [0.2, 0.25) is 0 Å². The number of aromatic nitrogens is 2. The number of carbonyl (C=O) groups is 1. The molecule has 2 unspecified atom stereocenters. The van der Waals surface area contributed by atoms with E-state index < -0.39 is 10.0 Å². The molecule has 2 atom stereocenters. The third-order valence-electron chi connectivity index (χ3n) is 8.21. The smallest absolute Gasteiger partial charge is 0.257 e. The number of benzene rings is 1. The fourth-order valence-electron chi connectivity index (χ4n) is 6.22. The van der Waals surface area contributed by atoms with Gasteiger partial charge in [-0.25, -0.2) is 22.7 Å². The van der Waals surface area contributed by atoms with Crippen molar-refractivity contribution in [2.75, 3.05) is 45.0 Å². The van der Waals surface area contributed by atoms with Gasteiger partial charge in [-0.3, -0.25) is 4.79 Å². The number of hydrogen-bond acceptors (Lipinski definition) is 6. The SMILES string of the molecule is Cc1ncnc(C)c1C(=O)N1CC2=CN(CCC(c3ccccc3)C3CN(S(=O)(=O)CC(C)C)C3)CC2C1. The van der Waals surface area contributed by atoms with Crippen molar-refractivity contribution >= 4 is 15.9 Å². The van der Waals surface area contributed by atoms with Crippen molar-refractivity contribution in [1.82, 2.24) is 24.1 Å². The average Bonchev–Trinajstić information content (AvgIpc) is 3.38. The lowest BCUT2D eigenvalue weighted by Crippen LogP contribution is -2.53. The van der Waals surface area contributed by atoms with Crippen molar-refractivity contribution in [2.24, 2.45) is 17.8 Å². The molecule has 2 aromatic rings. The minimum atomic E-state index is -3.18. The summed E-state index contributed by atoms with van der Waals surface area (Å²) >= 11 is 0. The molecule has 0 bridgehead atoms. The van der Waals surface area contributed by atoms with E-state index in [2.05, 4.69) is 45.3 Å². The van der Waals surface area contributed by atoms with Gasteiger partial charge in [0.25, 0.3) is 5.91 Å². The zero-order valence-electron chi connectivity index (χ0n) is 22.9. The molecule has 2 saturated heterocycles. The molecule has 3 aliphatic heterocycles. The van der Waals surface area contributed by atoms with Crippen LogP contribution in [0.3, 0.4) is 0 Å². The topological polar surface area (TPSA) is 86.7 Å². The van der Waals surface area contributed by atoms with Crippen molar-refractivity contribution < 1.29 is 13.2 Å². The number of hydrogen-bond donors (Lipinski definition) is 0. The van der Waals surface area contributed by atoms with Gasteiger partial charge >= 0.3 is 0 Å². The monoisotopic (exact) mass is 537 g/mol. The second-order valence-corrected chi connectivity index (χ2v) is 13.6. The lowest BCUT2D eigenvalue weighted by atomic mass is 9.80. The number of sulfonamides is 1. The molecule has 0 N–H and O–H groups in total. The molecule has 9 heteroatoms. The van der Waals surface area contributed by atoms with Crippen LogP contribution in [0.1, 0.15) is 53.5 Å². The Balaban J connectivity index is 1.21. The first kappa shape index (κ1) is 26.8. The van der Waals surface area contributed by atoms with E-state index in [0.29, 0.717) is 43.0 Å². The van der Waals surface area contributed by atoms with Gasteiger partial charge in [-0.1, -0.05) is 44.2 Å². The van der Waals surface area contributed by atoms with Gasteiger partial charge < -0.3 is 9.80 Å². The van der Waals surface area contributed by atoms with Gasteiger partial charge in [-0.15, -0.1) is 0 Å². The van der Waals surface area contributed by atoms with Crippen molar-refractivity contribution in [1.29, 1.82) is 0 Å². The van der Waals surface area contributed by atoms with Crippen LogP contribution in [0.5, 0.6) is 0 Å². The first-order valence-corrected chi connectivity index (χ1v) is 15.3. The first-order chi connectivity index (χ1) is 18.1. The van der Waals surface area contributed by atoms with E-state index in [0.717, 1.165) is 37.4 Å². The predicted molar refractivity (Wildman–Crippen MR) is 148 cm³/mol. The second-order valence-electron chi connectivity index (χ2n) is 11.6. The molecule has 8 nitrogen and oxygen atoms in total. The molecule has 1 aromatic heterocycles. The van der Waals surface area contributed by atoms with Gasteiger partial charge in [0.15, 0.2) is 0 Å². The number of nitrogens with zero attached hydrogens (tertiary/aromatic N) is 5. The summed E-state index contributed by atoms with van der Waals surface area (Å²) < 4.78 is 27.0. The minimum Gasteiger partial charge on any atom is -0.377 e. The maximum absolute atomic E-state index is 13.2. The number of amides is 1. The molecular weight excluding hydrogens is 498 g/mol. The Morgan fingerprint density at radius 2 is 1.71 bits per heavy atom. The van der Waals surface area contributed by atoms with Crippen LogP contribution >= 0.6 is 0 Å². The highest BCUT2D eigenvalue weighted by atomic mass is 32.2. The molecule has 0 radical (unpaired) electrons. The fraction of sp³-hybridized carbons (Fsp3) is 0.552. The Kier molecular flexibility index (Phi) is 7.60. The molecule has 0 saturated carbocycles. The predicted octanol–water partition coefficient (Wildman–Crippen LogP) is 3.46. The summed E-state index contributed by atoms with van der Waals surface area (Å²) in [4.78, 5) is 26.0. The number of fused-ring (bicyclic) bond motifs is 1. The van der Waals surface area contributed by atoms with Crippen molar-refractivity contribution in [3.8, 4) is 0 Å². The summed E-state index contributed by atoms with van der Waals surface area (Å²) in [5.41, 5.74) is 4.69. The first-order valence-electron chi connectivity index (χ1n) is 13.7. The molecule has 1 aromatic carbocycles. The van der Waals surface area contributed by atoms with Crippen LogP contribution < -0.4 is 0 Å². The number of rotatable bonds is 9. The van der Waals surface area contributed by atoms with E-state index in [-0.39, 0.29) is 17.6 Å². The minimum absolute atomic E-state index is 0.0218. The van der Waals surface area contributed by atoms with Gasteiger partial charge in [-0.05, 0) is 49.2 Å². The maximum Gasteiger partial charge on any atom is 0.257 e. The molecule has 4 heterocycles. The third kappa shape index (κ3) is 5.50. The summed E-state index contributed by atoms with van der Waals surface area (Å²) in [5, 5.41) is 0. The molecule has 0 aliphatic carbocycles. The summed E-state index contributed by atoms with van der Waals surface area (Å²) in [5.74, 6) is 1.39. The van der Waals surface area contributed by atoms with E-state index in [1.807, 2.05) is 38.7 Å². The molecule has 38 heavy (non-hydrogen) atoms. The quantitative estimate of drug-likeness (QED) is 0.487. The van der Waals surface area contributed by atoms with Crippen molar-refractivity contribution in [3.05, 3.63) is 70.9 Å². The lowest BCUT2D eigenvalue weighted by Gasteiger charge is -2.43. The molecule has 2 fully saturated rings. The van der Waals surface area contributed by atoms with Crippen molar-refractivity contribution in [2.45, 2.75) is 40.0 Å². The van der Waals surface area contributed by atoms with E-state index in [4.69, 9.17) is 0 Å². The van der Waals surface area contributed by atoms with E-state index in [9.17, 15) is 13.2 Å². The zero-order chi connectivity index (χ0) is 27.0. The zero-order valence-corrected chi connectivity index (χ0v) is 23.7. The average molecular weight is 538 g/mol. The van der Waals surface area contributed by atoms with Gasteiger partial charge in [0.05, 0.1) is 22.7 Å². The summed E-state index contributed by atoms with van der Waals surface area (Å²) in [6.07, 6.45) is 4.74. The Hall–Kier alpha value is -2.78. The van der Waals surface area contributed by atoms with Gasteiger partial charge in [-0.2, -0.15) is 0 Å². The van der Waals surface area contributed by atoms with Crippen LogP contribution in [0.4, 0.5) is 0 Å². The van der Waals surface area contributed by atoms with Gasteiger partial charge in [0.2, 0.25) is 10.0 Å². The van der Waals surface area contributed by atoms with Crippen LogP contribution in [0.25, 0.3) is 0 Å². The summed E-state index contributed by atoms with van der Waals surface area (Å²) in [6, 6.07) is 10.5. The molecule has 3 aliphatic rings. The molecule has 0 spiro atoms. The fourth-order valence-corrected chi connectivity index (χ4v) is 8.11. The standard InChI is InChI=1S/C29H39N5O3S/c1-20(2)18-38(36,37)34-16-26(17-34)27(23-8-6-5-7-9-23)10-11-32-12-24-14-33(15-25(24)13-32)29(35)28-21(3)30-19-31-22(28)4/h5-9,12,19-20,25-27H,10-11,13-18H2,1-4H3. The van der Waals surface area contributed by atoms with Gasteiger partial charge in [0.1, 0.15) is 6.33 Å². The largest absolute Gasteiger partial charge is 0.377 e. The number of likely N-dealkylation sites (tertiary alicyclic amines) is 1. The Morgan fingerprint density at radius 1 is 1.03 bits per heavy atom. The molecule has 5 rings (SSSR count). The van der Waals surface area contributed by atoms with Crippen LogP contribution in [0, 0.1) is 31.6 Å². The molecule has 1 amide bonds. The highest BCUT2D eigenvalue weighted by Crippen LogP contribution is 2.38. The maximum atomic E-state index is 13.2. The Labute approximate surface area is 226 Å². The van der Waals surface area contributed by atoms with E-state index >= 15 is 0 Å². The highest BCUT2D eigenvalue weighted by molar-refractivity contribution is 7.89. The number of aryl methyl sites for hydroxylation is 2. The molecule has 204 valence electrons. The second kappa shape index (κ2) is 10.8. The molecular formula is C29H39N5O3S. The van der Waals surface area contributed by atoms with Crippen molar-refractivity contribution in [3.63, 3.8) is 0 Å². The van der Waals surface area contributed by atoms with E-state index in [1.165, 1.54) is 17.5 Å². The number of carbonyl (C=O) groups excluding carboxylic acids is 1. The van der Waals surface area contributed by atoms with E-state index in [1.54, 1.807) is 4.31 Å². The summed E-state index contributed by atoms with van der Waals surface area (Å²) in [6.45, 7) is 12.1. The third-order valence-corrected chi connectivity index (χ3v) is 10.4. The normalized spacial score (nSPS) is 21.0. The Morgan fingerprint density at radius 3 is 2.34 bits per heavy atom. The van der Waals surface area contributed by atoms with Crippen LogP contribution in [0.15, 0.2) is 48.4 Å². The van der Waals surface area contributed by atoms with Crippen LogP contribution in [-0.4, -0.2) is 83.4 Å². The van der Waals surface area contributed by atoms with Gasteiger partial charge in [0, 0.05) is 51.4 Å². The highest BCUT2D eigenvalue weighted by Gasteiger charge is 2.41. The van der Waals surface area contributed by atoms with Crippen LogP contribution in [-0.2, 0) is 10.0 Å². The lowest BCUT2D eigenvalue weighted by molar-refractivity contribution is 0.0782. The Bertz CT molecular complexity index is 1280. The summed E-state index contributed by atoms with van der Waals surface area (Å²) in [7, 11) is -3.18.